The van der Waals surface area contributed by atoms with Crippen molar-refractivity contribution in [2.45, 2.75) is 65.0 Å². The van der Waals surface area contributed by atoms with E-state index < -0.39 is 81.4 Å². The minimum atomic E-state index is -5.91. The van der Waals surface area contributed by atoms with Crippen molar-refractivity contribution in [2.24, 2.45) is 22.7 Å². The van der Waals surface area contributed by atoms with Gasteiger partial charge >= 0.3 is 27.6 Å². The average Bonchev–Trinajstić information content (AvgIpc) is 3.05. The van der Waals surface area contributed by atoms with Crippen LogP contribution in [-0.4, -0.2) is 64.2 Å². The zero-order valence-electron chi connectivity index (χ0n) is 18.9. The van der Waals surface area contributed by atoms with Gasteiger partial charge in [-0.25, -0.2) is 0 Å². The second-order valence-electron chi connectivity index (χ2n) is 9.39. The summed E-state index contributed by atoms with van der Waals surface area (Å²) in [5.41, 5.74) is -8.02. The zero-order valence-corrected chi connectivity index (χ0v) is 19.8. The highest BCUT2D eigenvalue weighted by Gasteiger charge is 2.75. The van der Waals surface area contributed by atoms with E-state index in [0.29, 0.717) is 0 Å². The molecule has 5 atom stereocenters. The number of methoxy groups -OCH3 is 1. The first-order chi connectivity index (χ1) is 14.3. The SMILES string of the molecule is CO[C@]1(C(C)C)O[C@@H](COS(=O)(=O)C(F)(F)F)[C@@H]2[C@@H](COC(=O)C(C)(C)C)OC(=O)[C@@]21C. The lowest BCUT2D eigenvalue weighted by Crippen LogP contribution is -2.54. The monoisotopic (exact) mass is 490 g/mol. The second-order valence-corrected chi connectivity index (χ2v) is 11.0. The first-order valence-electron chi connectivity index (χ1n) is 9.92. The van der Waals surface area contributed by atoms with Crippen LogP contribution in [0.2, 0.25) is 0 Å². The molecule has 0 bridgehead atoms. The fraction of sp³-hybridized carbons (Fsp3) is 0.895. The standard InChI is InChI=1S/C19H29F3O9S/c1-10(2)18(27-7)17(6)13(12(31-18)9-29-32(25,26)19(20,21)22)11(30-15(17)24)8-28-14(23)16(3,4)5/h10-13H,8-9H2,1-7H3/t11-,12+,13+,17-,18-/m1/s1. The Labute approximate surface area is 185 Å². The molecule has 13 heteroatoms. The number of esters is 2. The molecule has 0 N–H and O–H groups in total. The first-order valence-corrected chi connectivity index (χ1v) is 11.3. The van der Waals surface area contributed by atoms with Crippen LogP contribution < -0.4 is 0 Å². The summed E-state index contributed by atoms with van der Waals surface area (Å²) in [6.45, 7) is 8.22. The molecule has 2 fully saturated rings. The second kappa shape index (κ2) is 8.41. The third-order valence-corrected chi connectivity index (χ3v) is 6.94. The number of hydrogen-bond donors (Lipinski definition) is 0. The van der Waals surface area contributed by atoms with E-state index in [1.54, 1.807) is 34.6 Å². The Bertz CT molecular complexity index is 849. The molecule has 9 nitrogen and oxygen atoms in total. The van der Waals surface area contributed by atoms with Crippen molar-refractivity contribution in [2.75, 3.05) is 20.3 Å². The largest absolute Gasteiger partial charge is 0.523 e. The van der Waals surface area contributed by atoms with E-state index in [-0.39, 0.29) is 0 Å². The maximum absolute atomic E-state index is 13.0. The van der Waals surface area contributed by atoms with Crippen molar-refractivity contribution in [3.63, 3.8) is 0 Å². The summed E-state index contributed by atoms with van der Waals surface area (Å²) in [7, 11) is -4.64. The molecule has 2 aliphatic rings. The molecular formula is C19H29F3O9S. The van der Waals surface area contributed by atoms with Crippen LogP contribution in [0.4, 0.5) is 13.2 Å². The van der Waals surface area contributed by atoms with Gasteiger partial charge < -0.3 is 18.9 Å². The maximum Gasteiger partial charge on any atom is 0.523 e. The van der Waals surface area contributed by atoms with Crippen LogP contribution in [0.5, 0.6) is 0 Å². The van der Waals surface area contributed by atoms with E-state index in [0.717, 1.165) is 0 Å². The topological polar surface area (TPSA) is 114 Å². The van der Waals surface area contributed by atoms with E-state index in [9.17, 15) is 31.2 Å². The molecule has 0 amide bonds. The van der Waals surface area contributed by atoms with Gasteiger partial charge in [0.25, 0.3) is 0 Å². The summed E-state index contributed by atoms with van der Waals surface area (Å²) < 4.78 is 87.4. The molecule has 0 aliphatic carbocycles. The van der Waals surface area contributed by atoms with Crippen LogP contribution in [0.25, 0.3) is 0 Å². The van der Waals surface area contributed by atoms with Gasteiger partial charge in [-0.3, -0.25) is 13.8 Å². The Hall–Kier alpha value is -1.44. The molecule has 2 aliphatic heterocycles. The van der Waals surface area contributed by atoms with Crippen LogP contribution in [0, 0.1) is 22.7 Å². The number of carbonyl (C=O) groups excluding carboxylic acids is 2. The number of alkyl halides is 3. The summed E-state index contributed by atoms with van der Waals surface area (Å²) in [4.78, 5) is 25.1. The van der Waals surface area contributed by atoms with Crippen LogP contribution in [0.1, 0.15) is 41.5 Å². The van der Waals surface area contributed by atoms with Crippen LogP contribution in [0.3, 0.4) is 0 Å². The van der Waals surface area contributed by atoms with Gasteiger partial charge in [0.15, 0.2) is 5.79 Å². The van der Waals surface area contributed by atoms with Gasteiger partial charge in [0.2, 0.25) is 0 Å². The molecule has 32 heavy (non-hydrogen) atoms. The lowest BCUT2D eigenvalue weighted by atomic mass is 9.67. The van der Waals surface area contributed by atoms with Gasteiger partial charge in [-0.1, -0.05) is 13.8 Å². The molecule has 0 spiro atoms. The molecule has 0 aromatic rings. The van der Waals surface area contributed by atoms with Crippen molar-refractivity contribution >= 4 is 22.1 Å². The fourth-order valence-corrected chi connectivity index (χ4v) is 4.80. The van der Waals surface area contributed by atoms with Crippen LogP contribution >= 0.6 is 0 Å². The molecule has 2 rings (SSSR count). The van der Waals surface area contributed by atoms with Crippen molar-refractivity contribution in [1.29, 1.82) is 0 Å². The smallest absolute Gasteiger partial charge is 0.461 e. The highest BCUT2D eigenvalue weighted by molar-refractivity contribution is 7.87. The predicted molar refractivity (Wildman–Crippen MR) is 102 cm³/mol. The quantitative estimate of drug-likeness (QED) is 0.301. The highest BCUT2D eigenvalue weighted by atomic mass is 32.2. The number of halogens is 3. The van der Waals surface area contributed by atoms with E-state index in [4.69, 9.17) is 18.9 Å². The molecular weight excluding hydrogens is 461 g/mol. The highest BCUT2D eigenvalue weighted by Crippen LogP contribution is 2.60. The van der Waals surface area contributed by atoms with Crippen LogP contribution in [-0.2, 0) is 42.8 Å². The van der Waals surface area contributed by atoms with Crippen molar-refractivity contribution in [1.82, 2.24) is 0 Å². The minimum Gasteiger partial charge on any atom is -0.461 e. The third kappa shape index (κ3) is 4.24. The molecule has 0 aromatic heterocycles. The van der Waals surface area contributed by atoms with E-state index in [1.807, 2.05) is 0 Å². The Morgan fingerprint density at radius 3 is 2.16 bits per heavy atom. The molecule has 2 heterocycles. The van der Waals surface area contributed by atoms with Crippen molar-refractivity contribution < 1.29 is 54.3 Å². The molecule has 2 saturated heterocycles. The van der Waals surface area contributed by atoms with Crippen molar-refractivity contribution in [3.05, 3.63) is 0 Å². The molecule has 0 saturated carbocycles. The van der Waals surface area contributed by atoms with Gasteiger partial charge in [-0.15, -0.1) is 0 Å². The fourth-order valence-electron chi connectivity index (χ4n) is 4.35. The van der Waals surface area contributed by atoms with Gasteiger partial charge in [0.05, 0.1) is 18.1 Å². The Morgan fingerprint density at radius 1 is 1.16 bits per heavy atom. The lowest BCUT2D eigenvalue weighted by Gasteiger charge is -2.40. The van der Waals surface area contributed by atoms with E-state index >= 15 is 0 Å². The van der Waals surface area contributed by atoms with Crippen LogP contribution in [0.15, 0.2) is 0 Å². The van der Waals surface area contributed by atoms with E-state index in [1.165, 1.54) is 14.0 Å². The summed E-state index contributed by atoms with van der Waals surface area (Å²) in [5.74, 6) is -4.51. The lowest BCUT2D eigenvalue weighted by molar-refractivity contribution is -0.278. The predicted octanol–water partition coefficient (Wildman–Crippen LogP) is 2.39. The number of ether oxygens (including phenoxy) is 4. The van der Waals surface area contributed by atoms with Gasteiger partial charge in [0, 0.05) is 18.9 Å². The number of fused-ring (bicyclic) bond motifs is 1. The average molecular weight is 490 g/mol. The summed E-state index contributed by atoms with van der Waals surface area (Å²) >= 11 is 0. The van der Waals surface area contributed by atoms with Gasteiger partial charge in [-0.2, -0.15) is 21.6 Å². The van der Waals surface area contributed by atoms with Gasteiger partial charge in [-0.05, 0) is 27.7 Å². The number of hydrogen-bond acceptors (Lipinski definition) is 9. The normalized spacial score (nSPS) is 33.3. The summed E-state index contributed by atoms with van der Waals surface area (Å²) in [6.07, 6.45) is -2.46. The first kappa shape index (κ1) is 26.8. The number of cyclic esters (lactones) is 1. The number of rotatable bonds is 7. The van der Waals surface area contributed by atoms with Crippen molar-refractivity contribution in [3.8, 4) is 0 Å². The Balaban J connectivity index is 2.41. The Morgan fingerprint density at radius 2 is 1.72 bits per heavy atom. The minimum absolute atomic E-state index is 0.397. The molecule has 186 valence electrons. The summed E-state index contributed by atoms with van der Waals surface area (Å²) in [6, 6.07) is 0. The van der Waals surface area contributed by atoms with E-state index in [2.05, 4.69) is 4.18 Å². The summed E-state index contributed by atoms with van der Waals surface area (Å²) in [5, 5.41) is 0. The molecule has 0 radical (unpaired) electrons. The maximum atomic E-state index is 13.0. The third-order valence-electron chi connectivity index (χ3n) is 5.93. The molecule has 0 unspecified atom stereocenters. The Kier molecular flexibility index (Phi) is 7.04. The number of carbonyl (C=O) groups is 2. The van der Waals surface area contributed by atoms with Gasteiger partial charge in [0.1, 0.15) is 18.1 Å². The molecule has 0 aromatic carbocycles. The zero-order chi connectivity index (χ0) is 24.9.